The molecule has 1 N–H and O–H groups in total. The largest absolute Gasteiger partial charge is 0.497 e. The molecule has 24 heavy (non-hydrogen) atoms. The first kappa shape index (κ1) is 16.7. The van der Waals surface area contributed by atoms with Crippen molar-refractivity contribution < 1.29 is 9.53 Å². The van der Waals surface area contributed by atoms with Crippen LogP contribution in [0, 0.1) is 0 Å². The maximum absolute atomic E-state index is 12.6. The quantitative estimate of drug-likeness (QED) is 0.679. The van der Waals surface area contributed by atoms with Gasteiger partial charge in [-0.25, -0.2) is 0 Å². The third-order valence-electron chi connectivity index (χ3n) is 3.65. The molecular formula is C17H16BrN3O2S. The van der Waals surface area contributed by atoms with Crippen LogP contribution in [0.15, 0.2) is 58.0 Å². The Hall–Kier alpha value is -2.12. The summed E-state index contributed by atoms with van der Waals surface area (Å²) < 4.78 is 7.77. The van der Waals surface area contributed by atoms with Crippen LogP contribution < -0.4 is 10.1 Å². The van der Waals surface area contributed by atoms with Gasteiger partial charge in [-0.1, -0.05) is 0 Å². The zero-order valence-corrected chi connectivity index (χ0v) is 15.4. The molecule has 0 aliphatic carbocycles. The summed E-state index contributed by atoms with van der Waals surface area (Å²) in [6.45, 7) is 0.445. The fraction of sp³-hybridized carbons (Fsp3) is 0.176. The van der Waals surface area contributed by atoms with Gasteiger partial charge in [0.2, 0.25) is 0 Å². The van der Waals surface area contributed by atoms with Crippen molar-refractivity contribution in [1.29, 1.82) is 0 Å². The number of ether oxygens (including phenoxy) is 1. The van der Waals surface area contributed by atoms with Gasteiger partial charge >= 0.3 is 0 Å². The smallest absolute Gasteiger partial charge is 0.252 e. The molecule has 3 aromatic rings. The van der Waals surface area contributed by atoms with Crippen LogP contribution in [-0.4, -0.2) is 29.3 Å². The van der Waals surface area contributed by atoms with Crippen molar-refractivity contribution in [3.8, 4) is 5.75 Å². The molecule has 1 unspecified atom stereocenters. The van der Waals surface area contributed by atoms with Crippen LogP contribution in [0.1, 0.15) is 22.0 Å². The maximum Gasteiger partial charge on any atom is 0.252 e. The predicted molar refractivity (Wildman–Crippen MR) is 97.7 cm³/mol. The first-order valence-electron chi connectivity index (χ1n) is 7.32. The lowest BCUT2D eigenvalue weighted by Crippen LogP contribution is -2.31. The van der Waals surface area contributed by atoms with E-state index in [0.717, 1.165) is 10.0 Å². The van der Waals surface area contributed by atoms with Crippen LogP contribution in [0.3, 0.4) is 0 Å². The minimum atomic E-state index is -0.159. The summed E-state index contributed by atoms with van der Waals surface area (Å²) in [5, 5.41) is 11.4. The molecule has 1 aromatic carbocycles. The highest BCUT2D eigenvalue weighted by Crippen LogP contribution is 2.23. The van der Waals surface area contributed by atoms with Crippen LogP contribution in [0.4, 0.5) is 0 Å². The number of rotatable bonds is 6. The van der Waals surface area contributed by atoms with Gasteiger partial charge in [0.1, 0.15) is 5.75 Å². The summed E-state index contributed by atoms with van der Waals surface area (Å²) in [5.74, 6) is 0.484. The molecule has 0 saturated heterocycles. The highest BCUT2D eigenvalue weighted by atomic mass is 79.9. The number of amides is 1. The average molecular weight is 406 g/mol. The normalized spacial score (nSPS) is 11.9. The fourth-order valence-electron chi connectivity index (χ4n) is 2.38. The first-order chi connectivity index (χ1) is 11.7. The summed E-state index contributed by atoms with van der Waals surface area (Å²) in [4.78, 5) is 12.6. The van der Waals surface area contributed by atoms with Gasteiger partial charge in [0.05, 0.1) is 18.7 Å². The highest BCUT2D eigenvalue weighted by Gasteiger charge is 2.18. The molecule has 0 radical (unpaired) electrons. The topological polar surface area (TPSA) is 56.1 Å². The number of hydrogen-bond donors (Lipinski definition) is 1. The number of thiophene rings is 1. The number of halogens is 1. The van der Waals surface area contributed by atoms with E-state index in [2.05, 4.69) is 31.7 Å². The Morgan fingerprint density at radius 2 is 2.33 bits per heavy atom. The van der Waals surface area contributed by atoms with Crippen molar-refractivity contribution in [2.45, 2.75) is 6.04 Å². The van der Waals surface area contributed by atoms with E-state index in [1.165, 1.54) is 0 Å². The molecule has 0 fully saturated rings. The number of methoxy groups -OCH3 is 1. The van der Waals surface area contributed by atoms with Gasteiger partial charge in [-0.3, -0.25) is 9.48 Å². The Kier molecular flexibility index (Phi) is 5.32. The molecule has 0 bridgehead atoms. The second-order valence-corrected chi connectivity index (χ2v) is 6.75. The van der Waals surface area contributed by atoms with Crippen molar-refractivity contribution in [2.24, 2.45) is 0 Å². The lowest BCUT2D eigenvalue weighted by atomic mass is 10.1. The third-order valence-corrected chi connectivity index (χ3v) is 5.04. The predicted octanol–water partition coefficient (Wildman–Crippen LogP) is 3.74. The molecule has 0 spiro atoms. The Morgan fingerprint density at radius 3 is 3.00 bits per heavy atom. The van der Waals surface area contributed by atoms with Crippen LogP contribution in [0.25, 0.3) is 0 Å². The summed E-state index contributed by atoms with van der Waals surface area (Å²) in [6.07, 6.45) is 3.63. The second kappa shape index (κ2) is 7.63. The fourth-order valence-corrected chi connectivity index (χ4v) is 3.52. The number of carbonyl (C=O) groups excluding carboxylic acids is 1. The molecule has 0 saturated carbocycles. The van der Waals surface area contributed by atoms with E-state index in [-0.39, 0.29) is 11.9 Å². The number of nitrogens with zero attached hydrogens (tertiary/aromatic N) is 2. The zero-order chi connectivity index (χ0) is 16.9. The van der Waals surface area contributed by atoms with Gasteiger partial charge in [-0.15, -0.1) is 0 Å². The van der Waals surface area contributed by atoms with Crippen molar-refractivity contribution in [2.75, 3.05) is 13.7 Å². The van der Waals surface area contributed by atoms with Gasteiger partial charge in [-0.05, 0) is 62.6 Å². The van der Waals surface area contributed by atoms with Crippen LogP contribution in [0.5, 0.6) is 5.75 Å². The molecule has 3 rings (SSSR count). The Labute approximate surface area is 152 Å². The minimum absolute atomic E-state index is 0.0421. The summed E-state index contributed by atoms with van der Waals surface area (Å²) in [7, 11) is 1.58. The summed E-state index contributed by atoms with van der Waals surface area (Å²) >= 11 is 5.04. The molecule has 0 aliphatic heterocycles. The van der Waals surface area contributed by atoms with E-state index < -0.39 is 0 Å². The van der Waals surface area contributed by atoms with E-state index in [0.29, 0.717) is 17.9 Å². The molecule has 5 nitrogen and oxygen atoms in total. The third kappa shape index (κ3) is 3.68. The number of nitrogens with one attached hydrogen (secondary N) is 1. The van der Waals surface area contributed by atoms with E-state index in [1.54, 1.807) is 42.8 Å². The lowest BCUT2D eigenvalue weighted by Gasteiger charge is -2.18. The van der Waals surface area contributed by atoms with Gasteiger partial charge < -0.3 is 10.1 Å². The Bertz CT molecular complexity index is 769. The van der Waals surface area contributed by atoms with E-state index in [1.807, 2.05) is 28.4 Å². The van der Waals surface area contributed by atoms with Gasteiger partial charge in [0, 0.05) is 23.4 Å². The van der Waals surface area contributed by atoms with Crippen LogP contribution >= 0.6 is 27.3 Å². The summed E-state index contributed by atoms with van der Waals surface area (Å²) in [5.41, 5.74) is 1.66. The Morgan fingerprint density at radius 1 is 1.46 bits per heavy atom. The standard InChI is InChI=1S/C17H16BrN3O2S/c1-23-13-3-4-15(18)14(9-13)17(22)19-10-16(12-5-8-24-11-12)21-7-2-6-20-21/h2-9,11,16H,10H2,1H3,(H,19,22). The minimum Gasteiger partial charge on any atom is -0.497 e. The molecule has 1 amide bonds. The van der Waals surface area contributed by atoms with Crippen molar-refractivity contribution in [1.82, 2.24) is 15.1 Å². The van der Waals surface area contributed by atoms with Crippen molar-refractivity contribution >= 4 is 33.2 Å². The monoisotopic (exact) mass is 405 g/mol. The molecule has 124 valence electrons. The molecule has 0 aliphatic rings. The maximum atomic E-state index is 12.6. The lowest BCUT2D eigenvalue weighted by molar-refractivity contribution is 0.0948. The van der Waals surface area contributed by atoms with Crippen LogP contribution in [0.2, 0.25) is 0 Å². The van der Waals surface area contributed by atoms with Gasteiger partial charge in [-0.2, -0.15) is 16.4 Å². The van der Waals surface area contributed by atoms with Gasteiger partial charge in [0.25, 0.3) is 5.91 Å². The molecular weight excluding hydrogens is 390 g/mol. The average Bonchev–Trinajstić information content (AvgIpc) is 3.29. The highest BCUT2D eigenvalue weighted by molar-refractivity contribution is 9.10. The number of carbonyl (C=O) groups is 1. The zero-order valence-electron chi connectivity index (χ0n) is 13.0. The summed E-state index contributed by atoms with van der Waals surface area (Å²) in [6, 6.07) is 9.20. The van der Waals surface area contributed by atoms with Crippen molar-refractivity contribution in [3.05, 3.63) is 69.1 Å². The van der Waals surface area contributed by atoms with E-state index in [9.17, 15) is 4.79 Å². The molecule has 2 aromatic heterocycles. The SMILES string of the molecule is COc1ccc(Br)c(C(=O)NCC(c2ccsc2)n2cccn2)c1. The number of aromatic nitrogens is 2. The van der Waals surface area contributed by atoms with E-state index >= 15 is 0 Å². The number of benzene rings is 1. The molecule has 1 atom stereocenters. The van der Waals surface area contributed by atoms with E-state index in [4.69, 9.17) is 4.74 Å². The Balaban J connectivity index is 1.77. The first-order valence-corrected chi connectivity index (χ1v) is 9.05. The number of hydrogen-bond acceptors (Lipinski definition) is 4. The van der Waals surface area contributed by atoms with Gasteiger partial charge in [0.15, 0.2) is 0 Å². The van der Waals surface area contributed by atoms with Crippen molar-refractivity contribution in [3.63, 3.8) is 0 Å². The second-order valence-electron chi connectivity index (χ2n) is 5.11. The molecule has 7 heteroatoms. The molecule has 2 heterocycles. The van der Waals surface area contributed by atoms with Crippen LogP contribution in [-0.2, 0) is 0 Å².